The number of benzene rings is 1. The fourth-order valence-electron chi connectivity index (χ4n) is 2.67. The summed E-state index contributed by atoms with van der Waals surface area (Å²) in [5, 5.41) is 4.01. The molecule has 1 aliphatic carbocycles. The van der Waals surface area contributed by atoms with Crippen LogP contribution in [0.15, 0.2) is 28.8 Å². The van der Waals surface area contributed by atoms with Crippen LogP contribution in [0.1, 0.15) is 48.6 Å². The molecule has 2 N–H and O–H groups in total. The summed E-state index contributed by atoms with van der Waals surface area (Å²) in [6.45, 7) is 4.36. The number of hydrogen-bond donors (Lipinski definition) is 1. The van der Waals surface area contributed by atoms with E-state index in [2.05, 4.69) is 34.4 Å². The predicted octanol–water partition coefficient (Wildman–Crippen LogP) is 2.38. The highest BCUT2D eigenvalue weighted by Crippen LogP contribution is 2.33. The van der Waals surface area contributed by atoms with Crippen LogP contribution < -0.4 is 5.73 Å². The first kappa shape index (κ1) is 14.2. The summed E-state index contributed by atoms with van der Waals surface area (Å²) in [6.07, 6.45) is 2.05. The second-order valence-electron chi connectivity index (χ2n) is 5.85. The maximum Gasteiger partial charge on any atom is 0.230 e. The van der Waals surface area contributed by atoms with Crippen LogP contribution in [0, 0.1) is 0 Å². The van der Waals surface area contributed by atoms with Crippen molar-refractivity contribution >= 4 is 0 Å². The first-order chi connectivity index (χ1) is 10.1. The molecule has 0 radical (unpaired) electrons. The number of nitrogens with zero attached hydrogens (tertiary/aromatic N) is 2. The summed E-state index contributed by atoms with van der Waals surface area (Å²) < 4.78 is 10.9. The molecule has 1 heterocycles. The third-order valence-corrected chi connectivity index (χ3v) is 3.80. The van der Waals surface area contributed by atoms with E-state index < -0.39 is 0 Å². The summed E-state index contributed by atoms with van der Waals surface area (Å²) in [6, 6.07) is 8.12. The Morgan fingerprint density at radius 2 is 1.95 bits per heavy atom. The maximum atomic E-state index is 6.03. The van der Waals surface area contributed by atoms with Gasteiger partial charge in [0.05, 0.1) is 18.8 Å². The van der Waals surface area contributed by atoms with Gasteiger partial charge in [0, 0.05) is 5.92 Å². The molecule has 1 aromatic carbocycles. The van der Waals surface area contributed by atoms with Crippen molar-refractivity contribution in [3.8, 4) is 0 Å². The molecule has 112 valence electrons. The monoisotopic (exact) mass is 287 g/mol. The Morgan fingerprint density at radius 3 is 2.57 bits per heavy atom. The van der Waals surface area contributed by atoms with Crippen LogP contribution in [-0.2, 0) is 17.6 Å². The molecule has 0 saturated heterocycles. The molecule has 0 bridgehead atoms. The van der Waals surface area contributed by atoms with E-state index >= 15 is 0 Å². The first-order valence-electron chi connectivity index (χ1n) is 7.41. The third kappa shape index (κ3) is 3.14. The van der Waals surface area contributed by atoms with Gasteiger partial charge in [-0.05, 0) is 37.8 Å². The van der Waals surface area contributed by atoms with Gasteiger partial charge in [0.1, 0.15) is 0 Å². The fourth-order valence-corrected chi connectivity index (χ4v) is 2.67. The van der Waals surface area contributed by atoms with Crippen LogP contribution in [-0.4, -0.2) is 22.9 Å². The van der Waals surface area contributed by atoms with Crippen LogP contribution in [0.3, 0.4) is 0 Å². The lowest BCUT2D eigenvalue weighted by molar-refractivity contribution is 0.0665. The van der Waals surface area contributed by atoms with Gasteiger partial charge in [-0.3, -0.25) is 0 Å². The summed E-state index contributed by atoms with van der Waals surface area (Å²) in [5.74, 6) is 1.48. The van der Waals surface area contributed by atoms with Gasteiger partial charge in [-0.25, -0.2) is 0 Å². The lowest BCUT2D eigenvalue weighted by atomic mass is 10.1. The molecule has 0 amide bonds. The minimum absolute atomic E-state index is 0.145. The standard InChI is InChI=1S/C16H21N3O2/c1-10(2)20-9-14(17)15-18-16(21-19-15)13-7-11-5-3-4-6-12(11)8-13/h3-6,10,13-14H,7-9,17H2,1-2H3. The van der Waals surface area contributed by atoms with Crippen molar-refractivity contribution in [3.05, 3.63) is 47.1 Å². The zero-order valence-electron chi connectivity index (χ0n) is 12.5. The molecule has 0 fully saturated rings. The largest absolute Gasteiger partial charge is 0.377 e. The lowest BCUT2D eigenvalue weighted by Crippen LogP contribution is -2.20. The topological polar surface area (TPSA) is 74.2 Å². The molecular weight excluding hydrogens is 266 g/mol. The quantitative estimate of drug-likeness (QED) is 0.914. The average Bonchev–Trinajstić information content (AvgIpc) is 3.10. The van der Waals surface area contributed by atoms with Gasteiger partial charge in [-0.15, -0.1) is 0 Å². The zero-order valence-corrected chi connectivity index (χ0v) is 12.5. The number of hydrogen-bond acceptors (Lipinski definition) is 5. The van der Waals surface area contributed by atoms with Gasteiger partial charge in [-0.1, -0.05) is 29.4 Å². The van der Waals surface area contributed by atoms with Crippen molar-refractivity contribution in [2.45, 2.75) is 44.8 Å². The van der Waals surface area contributed by atoms with Crippen LogP contribution in [0.2, 0.25) is 0 Å². The highest BCUT2D eigenvalue weighted by atomic mass is 16.5. The molecule has 5 heteroatoms. The molecule has 2 aromatic rings. The van der Waals surface area contributed by atoms with E-state index in [1.54, 1.807) is 0 Å². The van der Waals surface area contributed by atoms with Crippen LogP contribution >= 0.6 is 0 Å². The number of ether oxygens (including phenoxy) is 1. The molecule has 1 unspecified atom stereocenters. The molecule has 1 atom stereocenters. The molecular formula is C16H21N3O2. The van der Waals surface area contributed by atoms with E-state index in [0.717, 1.165) is 12.8 Å². The molecule has 3 rings (SSSR count). The Labute approximate surface area is 124 Å². The Kier molecular flexibility index (Phi) is 4.03. The number of aromatic nitrogens is 2. The molecule has 0 aliphatic heterocycles. The van der Waals surface area contributed by atoms with Gasteiger partial charge >= 0.3 is 0 Å². The Balaban J connectivity index is 1.66. The average molecular weight is 287 g/mol. The summed E-state index contributed by atoms with van der Waals surface area (Å²) in [7, 11) is 0. The van der Waals surface area contributed by atoms with Crippen LogP contribution in [0.4, 0.5) is 0 Å². The second kappa shape index (κ2) is 5.95. The minimum Gasteiger partial charge on any atom is -0.377 e. The number of fused-ring (bicyclic) bond motifs is 1. The summed E-state index contributed by atoms with van der Waals surface area (Å²) >= 11 is 0. The fraction of sp³-hybridized carbons (Fsp3) is 0.500. The van der Waals surface area contributed by atoms with Crippen molar-refractivity contribution < 1.29 is 9.26 Å². The van der Waals surface area contributed by atoms with E-state index in [1.165, 1.54) is 11.1 Å². The van der Waals surface area contributed by atoms with E-state index in [-0.39, 0.29) is 18.1 Å². The SMILES string of the molecule is CC(C)OCC(N)c1noc(C2Cc3ccccc3C2)n1. The maximum absolute atomic E-state index is 6.03. The Bertz CT molecular complexity index is 584. The van der Waals surface area contributed by atoms with Crippen molar-refractivity contribution in [3.63, 3.8) is 0 Å². The zero-order chi connectivity index (χ0) is 14.8. The lowest BCUT2D eigenvalue weighted by Gasteiger charge is -2.10. The molecule has 1 aromatic heterocycles. The summed E-state index contributed by atoms with van der Waals surface area (Å²) in [5.41, 5.74) is 8.77. The molecule has 0 saturated carbocycles. The van der Waals surface area contributed by atoms with Crippen molar-refractivity contribution in [1.29, 1.82) is 0 Å². The van der Waals surface area contributed by atoms with Crippen molar-refractivity contribution in [1.82, 2.24) is 10.1 Å². The van der Waals surface area contributed by atoms with Gasteiger partial charge in [0.15, 0.2) is 5.82 Å². The second-order valence-corrected chi connectivity index (χ2v) is 5.85. The Morgan fingerprint density at radius 1 is 1.29 bits per heavy atom. The summed E-state index contributed by atoms with van der Waals surface area (Å²) in [4.78, 5) is 4.47. The smallest absolute Gasteiger partial charge is 0.230 e. The van der Waals surface area contributed by atoms with E-state index in [9.17, 15) is 0 Å². The third-order valence-electron chi connectivity index (χ3n) is 3.80. The molecule has 0 spiro atoms. The number of rotatable bonds is 5. The Hall–Kier alpha value is -1.72. The van der Waals surface area contributed by atoms with E-state index in [1.807, 2.05) is 13.8 Å². The normalized spacial score (nSPS) is 16.4. The van der Waals surface area contributed by atoms with Crippen LogP contribution in [0.5, 0.6) is 0 Å². The van der Waals surface area contributed by atoms with Gasteiger partial charge < -0.3 is 15.0 Å². The number of nitrogens with two attached hydrogens (primary N) is 1. The predicted molar refractivity (Wildman–Crippen MR) is 78.9 cm³/mol. The first-order valence-corrected chi connectivity index (χ1v) is 7.41. The van der Waals surface area contributed by atoms with Gasteiger partial charge in [0.2, 0.25) is 5.89 Å². The molecule has 21 heavy (non-hydrogen) atoms. The highest BCUT2D eigenvalue weighted by molar-refractivity contribution is 5.34. The minimum atomic E-state index is -0.339. The molecule has 1 aliphatic rings. The van der Waals surface area contributed by atoms with Gasteiger partial charge in [0.25, 0.3) is 0 Å². The highest BCUT2D eigenvalue weighted by Gasteiger charge is 2.28. The van der Waals surface area contributed by atoms with Crippen LogP contribution in [0.25, 0.3) is 0 Å². The van der Waals surface area contributed by atoms with Gasteiger partial charge in [-0.2, -0.15) is 4.98 Å². The van der Waals surface area contributed by atoms with E-state index in [0.29, 0.717) is 18.3 Å². The van der Waals surface area contributed by atoms with E-state index in [4.69, 9.17) is 15.0 Å². The van der Waals surface area contributed by atoms with Crippen molar-refractivity contribution in [2.75, 3.05) is 6.61 Å². The molecule has 5 nitrogen and oxygen atoms in total. The van der Waals surface area contributed by atoms with Crippen molar-refractivity contribution in [2.24, 2.45) is 5.73 Å².